The van der Waals surface area contributed by atoms with Crippen molar-refractivity contribution in [2.24, 2.45) is 5.73 Å². The van der Waals surface area contributed by atoms with Crippen molar-refractivity contribution in [3.63, 3.8) is 0 Å². The van der Waals surface area contributed by atoms with Crippen LogP contribution in [0.1, 0.15) is 17.5 Å². The number of hydrogen-bond donors (Lipinski definition) is 1. The van der Waals surface area contributed by atoms with Crippen LogP contribution in [0.4, 0.5) is 5.69 Å². The molecule has 0 bridgehead atoms. The van der Waals surface area contributed by atoms with E-state index < -0.39 is 0 Å². The van der Waals surface area contributed by atoms with E-state index in [0.29, 0.717) is 4.99 Å². The molecule has 1 heterocycles. The van der Waals surface area contributed by atoms with E-state index in [4.69, 9.17) is 18.0 Å². The maximum Gasteiger partial charge on any atom is 0.104 e. The van der Waals surface area contributed by atoms with Gasteiger partial charge in [0.1, 0.15) is 4.99 Å². The summed E-state index contributed by atoms with van der Waals surface area (Å²) in [7, 11) is 2.19. The topological polar surface area (TPSA) is 32.5 Å². The van der Waals surface area contributed by atoms with Crippen molar-refractivity contribution in [3.8, 4) is 0 Å². The Hall–Kier alpha value is -1.13. The summed E-state index contributed by atoms with van der Waals surface area (Å²) in [5.74, 6) is 0. The zero-order chi connectivity index (χ0) is 13.1. The van der Waals surface area contributed by atoms with Gasteiger partial charge in [-0.3, -0.25) is 0 Å². The van der Waals surface area contributed by atoms with Gasteiger partial charge < -0.3 is 15.5 Å². The van der Waals surface area contributed by atoms with Crippen molar-refractivity contribution in [2.45, 2.75) is 13.3 Å². The van der Waals surface area contributed by atoms with Crippen molar-refractivity contribution in [1.82, 2.24) is 4.90 Å². The predicted octanol–water partition coefficient (Wildman–Crippen LogP) is 1.77. The molecule has 0 amide bonds. The molecule has 1 saturated heterocycles. The average molecular weight is 263 g/mol. The molecule has 1 aromatic rings. The van der Waals surface area contributed by atoms with Crippen LogP contribution >= 0.6 is 12.2 Å². The van der Waals surface area contributed by atoms with Crippen molar-refractivity contribution < 1.29 is 0 Å². The fraction of sp³-hybridized carbons (Fsp3) is 0.500. The summed E-state index contributed by atoms with van der Waals surface area (Å²) >= 11 is 5.04. The molecule has 18 heavy (non-hydrogen) atoms. The maximum absolute atomic E-state index is 5.70. The van der Waals surface area contributed by atoms with Crippen LogP contribution in [0.15, 0.2) is 18.2 Å². The normalized spacial score (nSPS) is 17.6. The lowest BCUT2D eigenvalue weighted by molar-refractivity contribution is 0.360. The van der Waals surface area contributed by atoms with Gasteiger partial charge in [0.15, 0.2) is 0 Å². The zero-order valence-electron chi connectivity index (χ0n) is 11.1. The SMILES string of the molecule is Cc1cc(N2CCCN(C)CC2)ccc1C(N)=S. The number of likely N-dealkylation sites (N-methyl/N-ethyl adjacent to an activating group) is 1. The Kier molecular flexibility index (Phi) is 4.19. The van der Waals surface area contributed by atoms with E-state index in [1.165, 1.54) is 18.7 Å². The Morgan fingerprint density at radius 1 is 1.22 bits per heavy atom. The van der Waals surface area contributed by atoms with Gasteiger partial charge in [0.25, 0.3) is 0 Å². The van der Waals surface area contributed by atoms with Crippen LogP contribution in [0.3, 0.4) is 0 Å². The molecule has 0 spiro atoms. The Morgan fingerprint density at radius 3 is 2.67 bits per heavy atom. The van der Waals surface area contributed by atoms with Gasteiger partial charge in [0.2, 0.25) is 0 Å². The third kappa shape index (κ3) is 3.00. The first-order valence-electron chi connectivity index (χ1n) is 6.42. The summed E-state index contributed by atoms with van der Waals surface area (Å²) < 4.78 is 0. The van der Waals surface area contributed by atoms with Gasteiger partial charge in [-0.05, 0) is 50.7 Å². The smallest absolute Gasteiger partial charge is 0.104 e. The standard InChI is InChI=1S/C14H21N3S/c1-11-10-12(4-5-13(11)14(15)18)17-7-3-6-16(2)8-9-17/h4-5,10H,3,6-9H2,1-2H3,(H2,15,18). The molecule has 2 rings (SSSR count). The minimum atomic E-state index is 0.481. The van der Waals surface area contributed by atoms with Gasteiger partial charge in [-0.25, -0.2) is 0 Å². The molecule has 1 aromatic carbocycles. The van der Waals surface area contributed by atoms with Crippen molar-refractivity contribution in [1.29, 1.82) is 0 Å². The highest BCUT2D eigenvalue weighted by molar-refractivity contribution is 7.80. The van der Waals surface area contributed by atoms with E-state index in [9.17, 15) is 0 Å². The highest BCUT2D eigenvalue weighted by atomic mass is 32.1. The number of aryl methyl sites for hydroxylation is 1. The van der Waals surface area contributed by atoms with Gasteiger partial charge in [-0.2, -0.15) is 0 Å². The lowest BCUT2D eigenvalue weighted by atomic mass is 10.1. The Bertz CT molecular complexity index is 445. The fourth-order valence-electron chi connectivity index (χ4n) is 2.43. The van der Waals surface area contributed by atoms with Crippen LogP contribution in [0.5, 0.6) is 0 Å². The van der Waals surface area contributed by atoms with Crippen LogP contribution in [0.2, 0.25) is 0 Å². The zero-order valence-corrected chi connectivity index (χ0v) is 12.0. The number of thiocarbonyl (C=S) groups is 1. The molecule has 2 N–H and O–H groups in total. The molecule has 98 valence electrons. The van der Waals surface area contributed by atoms with Gasteiger partial charge in [-0.1, -0.05) is 12.2 Å². The Balaban J connectivity index is 2.18. The van der Waals surface area contributed by atoms with E-state index in [-0.39, 0.29) is 0 Å². The first-order chi connectivity index (χ1) is 8.58. The van der Waals surface area contributed by atoms with E-state index in [2.05, 4.69) is 35.9 Å². The first kappa shape index (κ1) is 13.3. The molecule has 0 saturated carbocycles. The molecule has 1 aliphatic heterocycles. The highest BCUT2D eigenvalue weighted by Gasteiger charge is 2.13. The average Bonchev–Trinajstić information content (AvgIpc) is 2.53. The number of nitrogens with two attached hydrogens (primary N) is 1. The second kappa shape index (κ2) is 5.67. The minimum absolute atomic E-state index is 0.481. The second-order valence-electron chi connectivity index (χ2n) is 5.01. The fourth-order valence-corrected chi connectivity index (χ4v) is 2.65. The lowest BCUT2D eigenvalue weighted by Gasteiger charge is -2.23. The highest BCUT2D eigenvalue weighted by Crippen LogP contribution is 2.20. The molecule has 4 heteroatoms. The molecule has 0 aliphatic carbocycles. The summed E-state index contributed by atoms with van der Waals surface area (Å²) in [4.78, 5) is 5.31. The van der Waals surface area contributed by atoms with Gasteiger partial charge in [0.05, 0.1) is 0 Å². The van der Waals surface area contributed by atoms with Gasteiger partial charge in [-0.15, -0.1) is 0 Å². The van der Waals surface area contributed by atoms with Crippen LogP contribution in [-0.4, -0.2) is 43.1 Å². The Labute approximate surface area is 115 Å². The number of benzene rings is 1. The number of nitrogens with zero attached hydrogens (tertiary/aromatic N) is 2. The van der Waals surface area contributed by atoms with E-state index in [1.54, 1.807) is 0 Å². The molecule has 1 fully saturated rings. The molecule has 0 aromatic heterocycles. The van der Waals surface area contributed by atoms with E-state index in [1.807, 2.05) is 6.07 Å². The van der Waals surface area contributed by atoms with E-state index in [0.717, 1.165) is 30.8 Å². The monoisotopic (exact) mass is 263 g/mol. The predicted molar refractivity (Wildman–Crippen MR) is 81.4 cm³/mol. The number of hydrogen-bond acceptors (Lipinski definition) is 3. The third-order valence-electron chi connectivity index (χ3n) is 3.56. The summed E-state index contributed by atoms with van der Waals surface area (Å²) in [6, 6.07) is 6.37. The summed E-state index contributed by atoms with van der Waals surface area (Å²) in [5.41, 5.74) is 9.13. The summed E-state index contributed by atoms with van der Waals surface area (Å²) in [6.07, 6.45) is 1.21. The molecule has 1 aliphatic rings. The summed E-state index contributed by atoms with van der Waals surface area (Å²) in [6.45, 7) is 6.58. The maximum atomic E-state index is 5.70. The largest absolute Gasteiger partial charge is 0.389 e. The molecular weight excluding hydrogens is 242 g/mol. The second-order valence-corrected chi connectivity index (χ2v) is 5.45. The van der Waals surface area contributed by atoms with Crippen molar-refractivity contribution in [2.75, 3.05) is 38.1 Å². The summed E-state index contributed by atoms with van der Waals surface area (Å²) in [5, 5.41) is 0. The quantitative estimate of drug-likeness (QED) is 0.824. The molecule has 0 unspecified atom stereocenters. The Morgan fingerprint density at radius 2 is 2.00 bits per heavy atom. The molecule has 0 radical (unpaired) electrons. The van der Waals surface area contributed by atoms with Crippen LogP contribution in [0, 0.1) is 6.92 Å². The van der Waals surface area contributed by atoms with Crippen LogP contribution in [0.25, 0.3) is 0 Å². The van der Waals surface area contributed by atoms with Crippen LogP contribution < -0.4 is 10.6 Å². The van der Waals surface area contributed by atoms with Crippen LogP contribution in [-0.2, 0) is 0 Å². The number of anilines is 1. The first-order valence-corrected chi connectivity index (χ1v) is 6.82. The number of rotatable bonds is 2. The molecule has 0 atom stereocenters. The third-order valence-corrected chi connectivity index (χ3v) is 3.78. The lowest BCUT2D eigenvalue weighted by Crippen LogP contribution is -2.28. The molecule has 3 nitrogen and oxygen atoms in total. The minimum Gasteiger partial charge on any atom is -0.389 e. The van der Waals surface area contributed by atoms with Crippen molar-refractivity contribution in [3.05, 3.63) is 29.3 Å². The van der Waals surface area contributed by atoms with Gasteiger partial charge >= 0.3 is 0 Å². The van der Waals surface area contributed by atoms with E-state index >= 15 is 0 Å². The van der Waals surface area contributed by atoms with Crippen molar-refractivity contribution >= 4 is 22.9 Å². The van der Waals surface area contributed by atoms with Gasteiger partial charge in [0, 0.05) is 30.9 Å². The molecular formula is C14H21N3S.